The van der Waals surface area contributed by atoms with Crippen molar-refractivity contribution >= 4 is 10.9 Å². The summed E-state index contributed by atoms with van der Waals surface area (Å²) in [7, 11) is 0. The van der Waals surface area contributed by atoms with E-state index in [1.54, 1.807) is 38.4 Å². The Morgan fingerprint density at radius 3 is 2.58 bits per heavy atom. The average molecular weight is 462 g/mol. The molecular weight excluding hydrogens is 431 g/mol. The van der Waals surface area contributed by atoms with Crippen LogP contribution in [0.5, 0.6) is 0 Å². The number of nitrogens with zero attached hydrogens (tertiary/aromatic N) is 2. The van der Waals surface area contributed by atoms with Gasteiger partial charge in [0.25, 0.3) is 0 Å². The quantitative estimate of drug-likeness (QED) is 0.540. The number of hydrogen-bond donors (Lipinski definition) is 2. The van der Waals surface area contributed by atoms with Crippen molar-refractivity contribution < 1.29 is 23.0 Å². The topological polar surface area (TPSA) is 61.4 Å². The molecule has 0 saturated carbocycles. The van der Waals surface area contributed by atoms with Crippen molar-refractivity contribution in [3.05, 3.63) is 65.6 Å². The summed E-state index contributed by atoms with van der Waals surface area (Å²) >= 11 is 0. The molecule has 1 atom stereocenters. The van der Waals surface area contributed by atoms with Crippen LogP contribution in [0.4, 0.5) is 13.2 Å². The van der Waals surface area contributed by atoms with Gasteiger partial charge in [0.2, 0.25) is 0 Å². The highest BCUT2D eigenvalue weighted by atomic mass is 19.4. The molecule has 0 radical (unpaired) electrons. The zero-order valence-electron chi connectivity index (χ0n) is 19.0. The van der Waals surface area contributed by atoms with Crippen LogP contribution in [0.2, 0.25) is 0 Å². The van der Waals surface area contributed by atoms with E-state index in [9.17, 15) is 18.3 Å². The molecule has 2 N–H and O–H groups in total. The minimum absolute atomic E-state index is 0.328. The van der Waals surface area contributed by atoms with Crippen LogP contribution in [-0.2, 0) is 23.1 Å². The molecule has 1 aromatic carbocycles. The number of benzene rings is 1. The number of pyridine rings is 1. The van der Waals surface area contributed by atoms with Gasteiger partial charge in [-0.3, -0.25) is 9.88 Å². The second kappa shape index (κ2) is 9.08. The number of rotatable bonds is 7. The van der Waals surface area contributed by atoms with Crippen molar-refractivity contribution in [2.45, 2.75) is 50.4 Å². The summed E-state index contributed by atoms with van der Waals surface area (Å²) in [6.45, 7) is 7.28. The van der Waals surface area contributed by atoms with E-state index in [2.05, 4.69) is 14.9 Å². The zero-order chi connectivity index (χ0) is 23.7. The van der Waals surface area contributed by atoms with E-state index in [1.807, 2.05) is 24.3 Å². The number of halogens is 3. The van der Waals surface area contributed by atoms with Gasteiger partial charge in [-0.2, -0.15) is 13.2 Å². The Kier molecular flexibility index (Phi) is 6.53. The maximum Gasteiger partial charge on any atom is 0.417 e. The number of ether oxygens (including phenoxy) is 1. The molecule has 4 rings (SSSR count). The van der Waals surface area contributed by atoms with Gasteiger partial charge in [-0.25, -0.2) is 0 Å². The Bertz CT molecular complexity index is 1060. The molecule has 1 unspecified atom stereocenters. The molecule has 178 valence electrons. The highest BCUT2D eigenvalue weighted by Gasteiger charge is 2.56. The Hall–Kier alpha value is -2.42. The zero-order valence-corrected chi connectivity index (χ0v) is 19.0. The van der Waals surface area contributed by atoms with Crippen molar-refractivity contribution in [3.8, 4) is 0 Å². The van der Waals surface area contributed by atoms with Crippen LogP contribution in [0.3, 0.4) is 0 Å². The highest BCUT2D eigenvalue weighted by Crippen LogP contribution is 2.43. The van der Waals surface area contributed by atoms with Gasteiger partial charge >= 0.3 is 6.18 Å². The average Bonchev–Trinajstić information content (AvgIpc) is 3.15. The van der Waals surface area contributed by atoms with Crippen molar-refractivity contribution in [3.63, 3.8) is 0 Å². The SMILES string of the molecule is CC(C)(CC(O)(Cc1cc2cnccc2[nH]1)C(F)(F)F)c1cccc(CN2CCOCC2)c1. The first kappa shape index (κ1) is 23.7. The maximum atomic E-state index is 14.2. The third-order valence-electron chi connectivity index (χ3n) is 6.44. The molecule has 0 spiro atoms. The van der Waals surface area contributed by atoms with E-state index >= 15 is 0 Å². The molecule has 1 aliphatic heterocycles. The first-order chi connectivity index (χ1) is 15.6. The highest BCUT2D eigenvalue weighted by molar-refractivity contribution is 5.79. The van der Waals surface area contributed by atoms with E-state index in [0.29, 0.717) is 29.8 Å². The lowest BCUT2D eigenvalue weighted by molar-refractivity contribution is -0.266. The third-order valence-corrected chi connectivity index (χ3v) is 6.44. The van der Waals surface area contributed by atoms with Gasteiger partial charge in [0.15, 0.2) is 5.60 Å². The largest absolute Gasteiger partial charge is 0.417 e. The first-order valence-electron chi connectivity index (χ1n) is 11.2. The van der Waals surface area contributed by atoms with E-state index in [0.717, 1.165) is 30.8 Å². The number of alkyl halides is 3. The first-order valence-corrected chi connectivity index (χ1v) is 11.2. The summed E-state index contributed by atoms with van der Waals surface area (Å²) in [6.07, 6.45) is -2.64. The van der Waals surface area contributed by atoms with Gasteiger partial charge in [-0.05, 0) is 35.1 Å². The van der Waals surface area contributed by atoms with Crippen LogP contribution in [0, 0.1) is 0 Å². The van der Waals surface area contributed by atoms with Crippen LogP contribution >= 0.6 is 0 Å². The van der Waals surface area contributed by atoms with E-state index < -0.39 is 30.0 Å². The Balaban J connectivity index is 1.56. The van der Waals surface area contributed by atoms with E-state index in [4.69, 9.17) is 4.74 Å². The minimum atomic E-state index is -4.79. The van der Waals surface area contributed by atoms with Crippen molar-refractivity contribution in [1.29, 1.82) is 0 Å². The standard InChI is InChI=1S/C25H30F3N3O2/c1-23(2,20-5-3-4-18(12-20)16-31-8-10-33-11-9-31)17-24(32,25(26,27)28)14-21-13-19-15-29-7-6-22(19)30-21/h3-7,12-13,15,30,32H,8-11,14,16-17H2,1-2H3. The molecular formula is C25H30F3N3O2. The second-order valence-corrected chi connectivity index (χ2v) is 9.61. The lowest BCUT2D eigenvalue weighted by atomic mass is 9.73. The van der Waals surface area contributed by atoms with Crippen LogP contribution in [0.25, 0.3) is 10.9 Å². The van der Waals surface area contributed by atoms with E-state index in [-0.39, 0.29) is 0 Å². The van der Waals surface area contributed by atoms with E-state index in [1.165, 1.54) is 0 Å². The summed E-state index contributed by atoms with van der Waals surface area (Å²) < 4.78 is 47.9. The predicted octanol–water partition coefficient (Wildman–Crippen LogP) is 4.60. The Morgan fingerprint density at radius 2 is 1.88 bits per heavy atom. The molecule has 0 aliphatic carbocycles. The summed E-state index contributed by atoms with van der Waals surface area (Å²) in [4.78, 5) is 9.26. The molecule has 1 fully saturated rings. The molecule has 3 heterocycles. The summed E-state index contributed by atoms with van der Waals surface area (Å²) in [6, 6.07) is 11.0. The molecule has 33 heavy (non-hydrogen) atoms. The minimum Gasteiger partial charge on any atom is -0.380 e. The van der Waals surface area contributed by atoms with Gasteiger partial charge in [0.05, 0.1) is 13.2 Å². The maximum absolute atomic E-state index is 14.2. The van der Waals surface area contributed by atoms with Crippen molar-refractivity contribution in [1.82, 2.24) is 14.9 Å². The van der Waals surface area contributed by atoms with Gasteiger partial charge in [-0.1, -0.05) is 38.1 Å². The predicted molar refractivity (Wildman–Crippen MR) is 121 cm³/mol. The van der Waals surface area contributed by atoms with Crippen molar-refractivity contribution in [2.75, 3.05) is 26.3 Å². The summed E-state index contributed by atoms with van der Waals surface area (Å²) in [5.74, 6) is 0. The number of fused-ring (bicyclic) bond motifs is 1. The lowest BCUT2D eigenvalue weighted by Crippen LogP contribution is -2.50. The number of aliphatic hydroxyl groups is 1. The molecule has 1 saturated heterocycles. The number of aromatic amines is 1. The molecule has 0 amide bonds. The molecule has 5 nitrogen and oxygen atoms in total. The van der Waals surface area contributed by atoms with Gasteiger partial charge < -0.3 is 14.8 Å². The van der Waals surface area contributed by atoms with Crippen LogP contribution in [0.15, 0.2) is 48.8 Å². The smallest absolute Gasteiger partial charge is 0.380 e. The molecule has 3 aromatic rings. The summed E-state index contributed by atoms with van der Waals surface area (Å²) in [5.41, 5.74) is -0.948. The van der Waals surface area contributed by atoms with Crippen molar-refractivity contribution in [2.24, 2.45) is 0 Å². The Morgan fingerprint density at radius 1 is 1.12 bits per heavy atom. The molecule has 0 bridgehead atoms. The fraction of sp³-hybridized carbons (Fsp3) is 0.480. The molecule has 8 heteroatoms. The van der Waals surface area contributed by atoms with Crippen LogP contribution in [-0.4, -0.2) is 58.1 Å². The molecule has 1 aliphatic rings. The number of H-pyrrole nitrogens is 1. The number of morpholine rings is 1. The van der Waals surface area contributed by atoms with Crippen LogP contribution < -0.4 is 0 Å². The number of hydrogen-bond acceptors (Lipinski definition) is 4. The third kappa shape index (κ3) is 5.39. The fourth-order valence-electron chi connectivity index (χ4n) is 4.65. The summed E-state index contributed by atoms with van der Waals surface area (Å²) in [5, 5.41) is 11.7. The molecule has 2 aromatic heterocycles. The second-order valence-electron chi connectivity index (χ2n) is 9.61. The van der Waals surface area contributed by atoms with Gasteiger partial charge in [-0.15, -0.1) is 0 Å². The fourth-order valence-corrected chi connectivity index (χ4v) is 4.65. The Labute approximate surface area is 191 Å². The monoisotopic (exact) mass is 461 g/mol. The number of aromatic nitrogens is 2. The van der Waals surface area contributed by atoms with Gasteiger partial charge in [0.1, 0.15) is 0 Å². The van der Waals surface area contributed by atoms with Crippen LogP contribution in [0.1, 0.15) is 37.1 Å². The number of nitrogens with one attached hydrogen (secondary N) is 1. The van der Waals surface area contributed by atoms with Gasteiger partial charge in [0, 0.05) is 55.0 Å². The lowest BCUT2D eigenvalue weighted by Gasteiger charge is -2.38. The normalized spacial score (nSPS) is 17.9.